The lowest BCUT2D eigenvalue weighted by atomic mass is 9.78. The molecule has 1 nitrogen and oxygen atoms in total. The summed E-state index contributed by atoms with van der Waals surface area (Å²) in [7, 11) is 0. The van der Waals surface area contributed by atoms with E-state index in [1.54, 1.807) is 0 Å². The van der Waals surface area contributed by atoms with Crippen LogP contribution in [0.25, 0.3) is 0 Å². The van der Waals surface area contributed by atoms with Gasteiger partial charge in [0.25, 0.3) is 0 Å². The normalized spacial score (nSPS) is 41.7. The van der Waals surface area contributed by atoms with Crippen LogP contribution in [-0.2, 0) is 0 Å². The number of hydrogen-bond acceptors (Lipinski definition) is 1. The molecule has 60 valence electrons. The zero-order valence-corrected chi connectivity index (χ0v) is 7.01. The van der Waals surface area contributed by atoms with Gasteiger partial charge in [-0.1, -0.05) is 20.3 Å². The topological polar surface area (TPSA) is 20.2 Å². The minimum absolute atomic E-state index is 0.00106. The highest BCUT2D eigenvalue weighted by Gasteiger charge is 2.24. The van der Waals surface area contributed by atoms with Crippen molar-refractivity contribution in [1.82, 2.24) is 0 Å². The van der Waals surface area contributed by atoms with E-state index in [4.69, 9.17) is 0 Å². The molecule has 1 fully saturated rings. The summed E-state index contributed by atoms with van der Waals surface area (Å²) in [6, 6.07) is 0. The second-order valence-corrected chi connectivity index (χ2v) is 3.61. The van der Waals surface area contributed by atoms with Crippen LogP contribution in [0.15, 0.2) is 0 Å². The van der Waals surface area contributed by atoms with Crippen LogP contribution in [0.5, 0.6) is 0 Å². The number of hydrogen-bond donors (Lipinski definition) is 1. The number of aliphatic hydroxyl groups excluding tert-OH is 1. The standard InChI is InChI=1S/C9H18O/c1-3-8-6-9(10)5-4-7(8)2/h7-10H,3-6H2,1-2H3/t7-,8-,9+/m0/s1. The van der Waals surface area contributed by atoms with Gasteiger partial charge >= 0.3 is 0 Å². The predicted molar refractivity (Wildman–Crippen MR) is 42.8 cm³/mol. The Morgan fingerprint density at radius 2 is 2.10 bits per heavy atom. The van der Waals surface area contributed by atoms with Crippen molar-refractivity contribution in [2.45, 2.75) is 45.6 Å². The van der Waals surface area contributed by atoms with Crippen LogP contribution < -0.4 is 0 Å². The molecule has 10 heavy (non-hydrogen) atoms. The van der Waals surface area contributed by atoms with Crippen LogP contribution >= 0.6 is 0 Å². The monoisotopic (exact) mass is 142 g/mol. The van der Waals surface area contributed by atoms with Gasteiger partial charge in [0.2, 0.25) is 0 Å². The van der Waals surface area contributed by atoms with Crippen molar-refractivity contribution in [3.05, 3.63) is 0 Å². The van der Waals surface area contributed by atoms with Crippen LogP contribution in [0.2, 0.25) is 0 Å². The van der Waals surface area contributed by atoms with Gasteiger partial charge in [-0.25, -0.2) is 0 Å². The molecule has 1 rings (SSSR count). The van der Waals surface area contributed by atoms with Gasteiger partial charge < -0.3 is 5.11 Å². The van der Waals surface area contributed by atoms with Gasteiger partial charge in [0.15, 0.2) is 0 Å². The lowest BCUT2D eigenvalue weighted by molar-refractivity contribution is 0.0726. The molecule has 1 saturated carbocycles. The molecule has 0 aromatic heterocycles. The maximum absolute atomic E-state index is 9.33. The molecular formula is C9H18O. The Labute approximate surface area is 63.4 Å². The molecule has 1 aliphatic carbocycles. The van der Waals surface area contributed by atoms with Crippen molar-refractivity contribution in [3.63, 3.8) is 0 Å². The molecule has 0 saturated heterocycles. The molecule has 0 heterocycles. The van der Waals surface area contributed by atoms with Gasteiger partial charge in [0, 0.05) is 0 Å². The fourth-order valence-electron chi connectivity index (χ4n) is 1.96. The van der Waals surface area contributed by atoms with Gasteiger partial charge in [-0.2, -0.15) is 0 Å². The zero-order chi connectivity index (χ0) is 7.56. The highest BCUT2D eigenvalue weighted by Crippen LogP contribution is 2.31. The summed E-state index contributed by atoms with van der Waals surface area (Å²) in [5.74, 6) is 1.62. The molecule has 3 atom stereocenters. The Hall–Kier alpha value is -0.0400. The lowest BCUT2D eigenvalue weighted by Gasteiger charge is -2.30. The predicted octanol–water partition coefficient (Wildman–Crippen LogP) is 2.19. The second-order valence-electron chi connectivity index (χ2n) is 3.61. The van der Waals surface area contributed by atoms with Crippen molar-refractivity contribution in [1.29, 1.82) is 0 Å². The maximum atomic E-state index is 9.33. The average molecular weight is 142 g/mol. The molecule has 1 aliphatic rings. The smallest absolute Gasteiger partial charge is 0.0543 e. The third-order valence-electron chi connectivity index (χ3n) is 2.86. The molecule has 1 heteroatoms. The number of aliphatic hydroxyl groups is 1. The lowest BCUT2D eigenvalue weighted by Crippen LogP contribution is -2.25. The highest BCUT2D eigenvalue weighted by atomic mass is 16.3. The molecule has 0 aromatic carbocycles. The minimum atomic E-state index is 0.00106. The van der Waals surface area contributed by atoms with Crippen LogP contribution in [0.1, 0.15) is 39.5 Å². The molecule has 0 bridgehead atoms. The SMILES string of the molecule is CC[C@H]1C[C@H](O)CC[C@@H]1C. The fraction of sp³-hybridized carbons (Fsp3) is 1.00. The van der Waals surface area contributed by atoms with Crippen LogP contribution in [0, 0.1) is 11.8 Å². The van der Waals surface area contributed by atoms with E-state index in [1.165, 1.54) is 12.8 Å². The van der Waals surface area contributed by atoms with E-state index >= 15 is 0 Å². The minimum Gasteiger partial charge on any atom is -0.393 e. The third-order valence-corrected chi connectivity index (χ3v) is 2.86. The quantitative estimate of drug-likeness (QED) is 0.595. The molecule has 0 amide bonds. The Bertz CT molecular complexity index is 101. The van der Waals surface area contributed by atoms with Crippen molar-refractivity contribution in [2.24, 2.45) is 11.8 Å². The third kappa shape index (κ3) is 1.72. The molecule has 0 radical (unpaired) electrons. The largest absolute Gasteiger partial charge is 0.393 e. The van der Waals surface area contributed by atoms with E-state index in [9.17, 15) is 5.11 Å². The van der Waals surface area contributed by atoms with Gasteiger partial charge in [0.1, 0.15) is 0 Å². The van der Waals surface area contributed by atoms with Gasteiger partial charge in [-0.15, -0.1) is 0 Å². The average Bonchev–Trinajstić information content (AvgIpc) is 1.94. The Balaban J connectivity index is 2.38. The summed E-state index contributed by atoms with van der Waals surface area (Å²) in [4.78, 5) is 0. The van der Waals surface area contributed by atoms with Crippen molar-refractivity contribution < 1.29 is 5.11 Å². The van der Waals surface area contributed by atoms with Gasteiger partial charge in [-0.05, 0) is 31.1 Å². The van der Waals surface area contributed by atoms with E-state index < -0.39 is 0 Å². The molecule has 0 unspecified atom stereocenters. The van der Waals surface area contributed by atoms with E-state index in [2.05, 4.69) is 13.8 Å². The summed E-state index contributed by atoms with van der Waals surface area (Å²) in [5, 5.41) is 9.33. The highest BCUT2D eigenvalue weighted by molar-refractivity contribution is 4.76. The summed E-state index contributed by atoms with van der Waals surface area (Å²) in [6.07, 6.45) is 4.52. The fourth-order valence-corrected chi connectivity index (χ4v) is 1.96. The first kappa shape index (κ1) is 8.06. The zero-order valence-electron chi connectivity index (χ0n) is 7.01. The van der Waals surface area contributed by atoms with Crippen molar-refractivity contribution >= 4 is 0 Å². The Morgan fingerprint density at radius 1 is 1.40 bits per heavy atom. The summed E-state index contributed by atoms with van der Waals surface area (Å²) < 4.78 is 0. The van der Waals surface area contributed by atoms with E-state index in [1.807, 2.05) is 0 Å². The molecule has 0 spiro atoms. The van der Waals surface area contributed by atoms with Crippen molar-refractivity contribution in [2.75, 3.05) is 0 Å². The van der Waals surface area contributed by atoms with Crippen LogP contribution in [0.4, 0.5) is 0 Å². The van der Waals surface area contributed by atoms with Gasteiger partial charge in [-0.3, -0.25) is 0 Å². The molecular weight excluding hydrogens is 124 g/mol. The summed E-state index contributed by atoms with van der Waals surface area (Å²) in [6.45, 7) is 4.53. The number of rotatable bonds is 1. The summed E-state index contributed by atoms with van der Waals surface area (Å²) >= 11 is 0. The van der Waals surface area contributed by atoms with Crippen LogP contribution in [-0.4, -0.2) is 11.2 Å². The maximum Gasteiger partial charge on any atom is 0.0543 e. The molecule has 1 N–H and O–H groups in total. The van der Waals surface area contributed by atoms with E-state index in [0.29, 0.717) is 0 Å². The summed E-state index contributed by atoms with van der Waals surface area (Å²) in [5.41, 5.74) is 0. The van der Waals surface area contributed by atoms with E-state index in [0.717, 1.165) is 24.7 Å². The first-order valence-electron chi connectivity index (χ1n) is 4.42. The Morgan fingerprint density at radius 3 is 2.60 bits per heavy atom. The van der Waals surface area contributed by atoms with E-state index in [-0.39, 0.29) is 6.10 Å². The molecule has 0 aromatic rings. The first-order chi connectivity index (χ1) is 4.74. The molecule has 0 aliphatic heterocycles. The second kappa shape index (κ2) is 3.38. The Kier molecular flexibility index (Phi) is 2.72. The van der Waals surface area contributed by atoms with Crippen LogP contribution in [0.3, 0.4) is 0 Å². The first-order valence-corrected chi connectivity index (χ1v) is 4.42. The van der Waals surface area contributed by atoms with Gasteiger partial charge in [0.05, 0.1) is 6.10 Å². The van der Waals surface area contributed by atoms with Crippen molar-refractivity contribution in [3.8, 4) is 0 Å².